The number of urea groups is 1. The lowest BCUT2D eigenvalue weighted by Gasteiger charge is -2.23. The van der Waals surface area contributed by atoms with Crippen molar-refractivity contribution in [1.29, 1.82) is 0 Å². The van der Waals surface area contributed by atoms with E-state index in [1.54, 1.807) is 19.0 Å². The molecule has 0 saturated heterocycles. The van der Waals surface area contributed by atoms with Crippen molar-refractivity contribution in [3.8, 4) is 0 Å². The second kappa shape index (κ2) is 16.4. The SMILES string of the molecule is CNC(=O)N(C)CCc1ccc(CNC(=O)[C@@H](CCCN=C(N)N)NC(=O)C(c2ccccc2)c2ccccc2)cc1. The van der Waals surface area contributed by atoms with Crippen LogP contribution in [0.4, 0.5) is 4.79 Å². The van der Waals surface area contributed by atoms with Crippen molar-refractivity contribution < 1.29 is 14.4 Å². The Kier molecular flexibility index (Phi) is 12.4. The maximum atomic E-state index is 13.7. The molecule has 0 fully saturated rings. The molecule has 0 heterocycles. The van der Waals surface area contributed by atoms with Gasteiger partial charge in [0.15, 0.2) is 5.96 Å². The summed E-state index contributed by atoms with van der Waals surface area (Å²) in [5.41, 5.74) is 14.6. The number of guanidine groups is 1. The quantitative estimate of drug-likeness (QED) is 0.114. The molecule has 1 atom stereocenters. The second-order valence-corrected chi connectivity index (χ2v) is 10.0. The highest BCUT2D eigenvalue weighted by atomic mass is 16.2. The molecule has 0 aliphatic rings. The highest BCUT2D eigenvalue weighted by molar-refractivity contribution is 5.92. The number of carbonyl (C=O) groups is 3. The summed E-state index contributed by atoms with van der Waals surface area (Å²) in [7, 11) is 3.35. The van der Waals surface area contributed by atoms with Gasteiger partial charge in [0.1, 0.15) is 6.04 Å². The fourth-order valence-electron chi connectivity index (χ4n) is 4.54. The second-order valence-electron chi connectivity index (χ2n) is 10.0. The predicted octanol–water partition coefficient (Wildman–Crippen LogP) is 2.49. The average molecular weight is 572 g/mol. The van der Waals surface area contributed by atoms with E-state index >= 15 is 0 Å². The molecule has 42 heavy (non-hydrogen) atoms. The van der Waals surface area contributed by atoms with E-state index in [0.29, 0.717) is 38.9 Å². The first-order chi connectivity index (χ1) is 20.3. The van der Waals surface area contributed by atoms with Crippen LogP contribution in [-0.4, -0.2) is 61.9 Å². The minimum Gasteiger partial charge on any atom is -0.370 e. The van der Waals surface area contributed by atoms with Gasteiger partial charge in [0.2, 0.25) is 11.8 Å². The Balaban J connectivity index is 1.68. The van der Waals surface area contributed by atoms with Gasteiger partial charge in [-0.15, -0.1) is 0 Å². The molecule has 0 bridgehead atoms. The maximum Gasteiger partial charge on any atom is 0.316 e. The van der Waals surface area contributed by atoms with Crippen molar-refractivity contribution in [3.63, 3.8) is 0 Å². The van der Waals surface area contributed by atoms with Gasteiger partial charge in [0.05, 0.1) is 5.92 Å². The minimum atomic E-state index is -0.777. The predicted molar refractivity (Wildman–Crippen MR) is 166 cm³/mol. The molecule has 0 radical (unpaired) electrons. The Morgan fingerprint density at radius 3 is 1.95 bits per heavy atom. The van der Waals surface area contributed by atoms with Crippen LogP contribution in [0.15, 0.2) is 89.9 Å². The zero-order valence-corrected chi connectivity index (χ0v) is 24.3. The Morgan fingerprint density at radius 2 is 1.40 bits per heavy atom. The van der Waals surface area contributed by atoms with Gasteiger partial charge in [-0.3, -0.25) is 14.6 Å². The van der Waals surface area contributed by atoms with Crippen LogP contribution in [0.2, 0.25) is 0 Å². The van der Waals surface area contributed by atoms with E-state index in [4.69, 9.17) is 11.5 Å². The fourth-order valence-corrected chi connectivity index (χ4v) is 4.54. The molecule has 0 spiro atoms. The number of amides is 4. The van der Waals surface area contributed by atoms with Crippen LogP contribution in [0, 0.1) is 0 Å². The van der Waals surface area contributed by atoms with E-state index in [2.05, 4.69) is 20.9 Å². The first-order valence-corrected chi connectivity index (χ1v) is 14.0. The number of nitrogens with one attached hydrogen (secondary N) is 3. The Morgan fingerprint density at radius 1 is 0.833 bits per heavy atom. The van der Waals surface area contributed by atoms with Crippen LogP contribution in [-0.2, 0) is 22.6 Å². The minimum absolute atomic E-state index is 0.0167. The highest BCUT2D eigenvalue weighted by Crippen LogP contribution is 2.25. The number of nitrogens with zero attached hydrogens (tertiary/aromatic N) is 2. The van der Waals surface area contributed by atoms with Crippen molar-refractivity contribution >= 4 is 23.8 Å². The molecule has 0 aliphatic carbocycles. The van der Waals surface area contributed by atoms with Crippen molar-refractivity contribution in [2.75, 3.05) is 27.2 Å². The van der Waals surface area contributed by atoms with E-state index in [-0.39, 0.29) is 23.8 Å². The van der Waals surface area contributed by atoms with Gasteiger partial charge in [0.25, 0.3) is 0 Å². The molecule has 0 unspecified atom stereocenters. The third-order valence-corrected chi connectivity index (χ3v) is 6.89. The molecule has 3 aromatic rings. The molecule has 0 aromatic heterocycles. The average Bonchev–Trinajstić information content (AvgIpc) is 3.01. The molecule has 0 saturated carbocycles. The Bertz CT molecular complexity index is 1270. The third kappa shape index (κ3) is 9.96. The first kappa shape index (κ1) is 31.7. The monoisotopic (exact) mass is 571 g/mol. The molecular weight excluding hydrogens is 530 g/mol. The molecule has 4 amide bonds. The number of hydrogen-bond donors (Lipinski definition) is 5. The van der Waals surface area contributed by atoms with Gasteiger partial charge >= 0.3 is 6.03 Å². The van der Waals surface area contributed by atoms with Gasteiger partial charge < -0.3 is 32.3 Å². The Hall–Kier alpha value is -4.86. The summed E-state index contributed by atoms with van der Waals surface area (Å²) in [6.45, 7) is 1.24. The van der Waals surface area contributed by atoms with Gasteiger partial charge in [0, 0.05) is 33.7 Å². The summed E-state index contributed by atoms with van der Waals surface area (Å²) >= 11 is 0. The van der Waals surface area contributed by atoms with Gasteiger partial charge in [-0.25, -0.2) is 4.79 Å². The standard InChI is InChI=1S/C32H41N7O3/c1-35-32(42)39(2)21-19-23-15-17-24(18-16-23)22-37-29(40)27(14-9-20-36-31(33)34)38-30(41)28(25-10-5-3-6-11-25)26-12-7-4-8-13-26/h3-8,10-13,15-18,27-28H,9,14,19-22H2,1-2H3,(H,35,42)(H,37,40)(H,38,41)(H4,33,34,36)/t27-/m1/s1. The number of hydrogen-bond acceptors (Lipinski definition) is 4. The van der Waals surface area contributed by atoms with Gasteiger partial charge in [-0.2, -0.15) is 0 Å². The highest BCUT2D eigenvalue weighted by Gasteiger charge is 2.27. The van der Waals surface area contributed by atoms with Crippen LogP contribution >= 0.6 is 0 Å². The molecule has 10 heteroatoms. The summed E-state index contributed by atoms with van der Waals surface area (Å²) < 4.78 is 0. The number of benzene rings is 3. The van der Waals surface area contributed by atoms with Crippen molar-refractivity contribution in [2.24, 2.45) is 16.5 Å². The smallest absolute Gasteiger partial charge is 0.316 e. The lowest BCUT2D eigenvalue weighted by atomic mass is 9.90. The van der Waals surface area contributed by atoms with E-state index in [1.807, 2.05) is 84.9 Å². The van der Waals surface area contributed by atoms with E-state index in [0.717, 1.165) is 22.3 Å². The normalized spacial score (nSPS) is 11.3. The van der Waals surface area contributed by atoms with Crippen LogP contribution in [0.1, 0.15) is 41.0 Å². The molecule has 3 aromatic carbocycles. The molecule has 222 valence electrons. The third-order valence-electron chi connectivity index (χ3n) is 6.89. The number of carbonyl (C=O) groups excluding carboxylic acids is 3. The number of aliphatic imine (C=N–C) groups is 1. The summed E-state index contributed by atoms with van der Waals surface area (Å²) in [5, 5.41) is 8.56. The topological polar surface area (TPSA) is 155 Å². The summed E-state index contributed by atoms with van der Waals surface area (Å²) in [5.74, 6) is -1.14. The molecular formula is C32H41N7O3. The van der Waals surface area contributed by atoms with Crippen molar-refractivity contribution in [2.45, 2.75) is 37.8 Å². The van der Waals surface area contributed by atoms with E-state index < -0.39 is 12.0 Å². The van der Waals surface area contributed by atoms with Crippen molar-refractivity contribution in [1.82, 2.24) is 20.9 Å². The Labute approximate surface area is 247 Å². The number of rotatable bonds is 14. The first-order valence-electron chi connectivity index (χ1n) is 14.0. The zero-order chi connectivity index (χ0) is 30.3. The molecule has 0 aliphatic heterocycles. The largest absolute Gasteiger partial charge is 0.370 e. The fraction of sp³-hybridized carbons (Fsp3) is 0.312. The van der Waals surface area contributed by atoms with Crippen LogP contribution in [0.3, 0.4) is 0 Å². The van der Waals surface area contributed by atoms with Crippen molar-refractivity contribution in [3.05, 3.63) is 107 Å². The van der Waals surface area contributed by atoms with Gasteiger partial charge in [-0.1, -0.05) is 84.9 Å². The lowest BCUT2D eigenvalue weighted by Crippen LogP contribution is -2.48. The van der Waals surface area contributed by atoms with Crippen LogP contribution in [0.5, 0.6) is 0 Å². The number of nitrogens with two attached hydrogens (primary N) is 2. The summed E-state index contributed by atoms with van der Waals surface area (Å²) in [6.07, 6.45) is 1.59. The zero-order valence-electron chi connectivity index (χ0n) is 24.3. The van der Waals surface area contributed by atoms with E-state index in [1.165, 1.54) is 0 Å². The van der Waals surface area contributed by atoms with Gasteiger partial charge in [-0.05, 0) is 41.5 Å². The molecule has 10 nitrogen and oxygen atoms in total. The number of likely N-dealkylation sites (N-methyl/N-ethyl adjacent to an activating group) is 1. The van der Waals surface area contributed by atoms with Crippen LogP contribution < -0.4 is 27.4 Å². The maximum absolute atomic E-state index is 13.7. The van der Waals surface area contributed by atoms with Crippen LogP contribution in [0.25, 0.3) is 0 Å². The van der Waals surface area contributed by atoms with E-state index in [9.17, 15) is 14.4 Å². The summed E-state index contributed by atoms with van der Waals surface area (Å²) in [4.78, 5) is 44.4. The molecule has 3 rings (SSSR count). The molecule has 7 N–H and O–H groups in total. The lowest BCUT2D eigenvalue weighted by molar-refractivity contribution is -0.129. The summed E-state index contributed by atoms with van der Waals surface area (Å²) in [6, 6.07) is 26.0.